The number of anilines is 1. The molecule has 9 heteroatoms. The van der Waals surface area contributed by atoms with Crippen molar-refractivity contribution in [1.82, 2.24) is 0 Å². The van der Waals surface area contributed by atoms with Crippen molar-refractivity contribution >= 4 is 35.0 Å². The maximum Gasteiger partial charge on any atom is 0.255 e. The number of rotatable bonds is 9. The number of nitrogens with one attached hydrogen (secondary N) is 1. The van der Waals surface area contributed by atoms with Crippen molar-refractivity contribution in [3.63, 3.8) is 0 Å². The van der Waals surface area contributed by atoms with Crippen LogP contribution in [-0.2, 0) is 4.74 Å². The van der Waals surface area contributed by atoms with Gasteiger partial charge >= 0.3 is 0 Å². The second-order valence-electron chi connectivity index (χ2n) is 6.07. The van der Waals surface area contributed by atoms with Crippen LogP contribution >= 0.6 is 23.4 Å². The van der Waals surface area contributed by atoms with Gasteiger partial charge in [-0.15, -0.1) is 11.8 Å². The van der Waals surface area contributed by atoms with Crippen molar-refractivity contribution in [2.75, 3.05) is 30.9 Å². The van der Waals surface area contributed by atoms with E-state index in [0.717, 1.165) is 0 Å². The predicted molar refractivity (Wildman–Crippen MR) is 104 cm³/mol. The van der Waals surface area contributed by atoms with E-state index in [1.165, 1.54) is 17.8 Å². The number of thioether (sulfide) groups is 1. The van der Waals surface area contributed by atoms with Gasteiger partial charge in [0.25, 0.3) is 5.91 Å². The van der Waals surface area contributed by atoms with E-state index in [4.69, 9.17) is 21.4 Å². The van der Waals surface area contributed by atoms with Crippen molar-refractivity contribution < 1.29 is 27.8 Å². The maximum atomic E-state index is 13.3. The summed E-state index contributed by atoms with van der Waals surface area (Å²) in [7, 11) is 0. The van der Waals surface area contributed by atoms with E-state index in [-0.39, 0.29) is 30.4 Å². The monoisotopic (exact) mass is 433 g/mol. The normalized spacial score (nSPS) is 12.1. The molecular formula is C19H19ClF3NO3S. The van der Waals surface area contributed by atoms with Crippen molar-refractivity contribution in [2.24, 2.45) is 5.92 Å². The number of ether oxygens (including phenoxy) is 1. The topological polar surface area (TPSA) is 58.6 Å². The summed E-state index contributed by atoms with van der Waals surface area (Å²) in [6.45, 7) is 2.69. The van der Waals surface area contributed by atoms with Crippen LogP contribution < -0.4 is 5.32 Å². The number of carbonyl (C=O) groups is 1. The maximum absolute atomic E-state index is 13.3. The van der Waals surface area contributed by atoms with Crippen molar-refractivity contribution in [3.05, 3.63) is 58.4 Å². The van der Waals surface area contributed by atoms with Gasteiger partial charge in [0.1, 0.15) is 0 Å². The Morgan fingerprint density at radius 2 is 1.93 bits per heavy atom. The molecule has 0 fully saturated rings. The van der Waals surface area contributed by atoms with Crippen LogP contribution in [0.1, 0.15) is 17.3 Å². The minimum Gasteiger partial charge on any atom is -0.394 e. The molecule has 0 aliphatic heterocycles. The summed E-state index contributed by atoms with van der Waals surface area (Å²) >= 11 is 7.61. The van der Waals surface area contributed by atoms with Crippen LogP contribution in [0.4, 0.5) is 18.9 Å². The summed E-state index contributed by atoms with van der Waals surface area (Å²) in [6, 6.07) is 6.01. The Morgan fingerprint density at radius 3 is 2.57 bits per heavy atom. The molecule has 1 unspecified atom stereocenters. The van der Waals surface area contributed by atoms with Crippen LogP contribution in [-0.4, -0.2) is 36.6 Å². The van der Waals surface area contributed by atoms with Crippen LogP contribution in [0.2, 0.25) is 5.02 Å². The van der Waals surface area contributed by atoms with Gasteiger partial charge in [-0.05, 0) is 24.1 Å². The lowest BCUT2D eigenvalue weighted by Gasteiger charge is -2.13. The highest BCUT2D eigenvalue weighted by atomic mass is 35.5. The molecule has 0 saturated carbocycles. The molecule has 1 amide bonds. The number of amides is 1. The number of halogens is 4. The zero-order chi connectivity index (χ0) is 20.7. The minimum atomic E-state index is -1.60. The molecule has 0 aliphatic rings. The Morgan fingerprint density at radius 1 is 1.25 bits per heavy atom. The number of hydrogen-bond donors (Lipinski definition) is 2. The van der Waals surface area contributed by atoms with E-state index in [1.54, 1.807) is 12.1 Å². The molecule has 28 heavy (non-hydrogen) atoms. The van der Waals surface area contributed by atoms with Crippen molar-refractivity contribution in [1.29, 1.82) is 0 Å². The lowest BCUT2D eigenvalue weighted by atomic mass is 10.2. The Balaban J connectivity index is 2.04. The van der Waals surface area contributed by atoms with Crippen molar-refractivity contribution in [2.45, 2.75) is 11.8 Å². The second-order valence-corrected chi connectivity index (χ2v) is 7.54. The average molecular weight is 434 g/mol. The van der Waals surface area contributed by atoms with Gasteiger partial charge in [-0.3, -0.25) is 4.79 Å². The van der Waals surface area contributed by atoms with E-state index in [2.05, 4.69) is 5.32 Å². The first kappa shape index (κ1) is 22.5. The Bertz CT molecular complexity index is 815. The highest BCUT2D eigenvalue weighted by molar-refractivity contribution is 7.99. The molecule has 1 atom stereocenters. The average Bonchev–Trinajstić information content (AvgIpc) is 2.65. The second kappa shape index (κ2) is 10.7. The number of aliphatic hydroxyl groups is 1. The van der Waals surface area contributed by atoms with Crippen LogP contribution in [0, 0.1) is 23.4 Å². The molecule has 0 aromatic heterocycles. The standard InChI is InChI=1S/C19H19ClF3NO3S/c1-11(9-27-5-4-25)10-28-17-6-12(2-3-14(17)20)19(26)24-13-7-15(21)18(23)16(22)8-13/h2-3,6-8,11,25H,4-5,9-10H2,1H3,(H,24,26). The highest BCUT2D eigenvalue weighted by Gasteiger charge is 2.15. The number of benzene rings is 2. The molecule has 2 rings (SSSR count). The summed E-state index contributed by atoms with van der Waals surface area (Å²) < 4.78 is 44.9. The van der Waals surface area contributed by atoms with Crippen LogP contribution in [0.3, 0.4) is 0 Å². The van der Waals surface area contributed by atoms with Crippen LogP contribution in [0.15, 0.2) is 35.2 Å². The van der Waals surface area contributed by atoms with Gasteiger partial charge in [-0.2, -0.15) is 0 Å². The first-order valence-corrected chi connectivity index (χ1v) is 9.75. The first-order valence-electron chi connectivity index (χ1n) is 8.38. The molecule has 0 heterocycles. The van der Waals surface area contributed by atoms with E-state index < -0.39 is 23.4 Å². The molecular weight excluding hydrogens is 415 g/mol. The summed E-state index contributed by atoms with van der Waals surface area (Å²) in [5.74, 6) is -4.12. The van der Waals surface area contributed by atoms with Gasteiger partial charge < -0.3 is 15.2 Å². The molecule has 0 bridgehead atoms. The van der Waals surface area contributed by atoms with Crippen molar-refractivity contribution in [3.8, 4) is 0 Å². The van der Waals surface area contributed by atoms with Gasteiger partial charge in [0.2, 0.25) is 0 Å². The molecule has 152 valence electrons. The molecule has 4 nitrogen and oxygen atoms in total. The van der Waals surface area contributed by atoms with E-state index >= 15 is 0 Å². The minimum absolute atomic E-state index is 0.0370. The van der Waals surface area contributed by atoms with Crippen LogP contribution in [0.25, 0.3) is 0 Å². The van der Waals surface area contributed by atoms with Gasteiger partial charge in [0.05, 0.1) is 24.8 Å². The molecule has 0 saturated heterocycles. The summed E-state index contributed by atoms with van der Waals surface area (Å²) in [4.78, 5) is 13.0. The third kappa shape index (κ3) is 6.41. The van der Waals surface area contributed by atoms with E-state index in [1.807, 2.05) is 6.92 Å². The largest absolute Gasteiger partial charge is 0.394 e. The number of hydrogen-bond acceptors (Lipinski definition) is 4. The molecule has 2 aromatic carbocycles. The number of carbonyl (C=O) groups excluding carboxylic acids is 1. The Labute approximate surface area is 170 Å². The lowest BCUT2D eigenvalue weighted by molar-refractivity contribution is 0.0761. The van der Waals surface area contributed by atoms with Gasteiger partial charge in [-0.25, -0.2) is 13.2 Å². The zero-order valence-corrected chi connectivity index (χ0v) is 16.5. The fourth-order valence-electron chi connectivity index (χ4n) is 2.22. The van der Waals surface area contributed by atoms with Gasteiger partial charge in [0.15, 0.2) is 17.5 Å². The number of aliphatic hydroxyl groups excluding tert-OH is 1. The molecule has 0 radical (unpaired) electrons. The van der Waals surface area contributed by atoms with Gasteiger partial charge in [-0.1, -0.05) is 18.5 Å². The van der Waals surface area contributed by atoms with Crippen LogP contribution in [0.5, 0.6) is 0 Å². The smallest absolute Gasteiger partial charge is 0.255 e. The summed E-state index contributed by atoms with van der Waals surface area (Å²) in [5, 5.41) is 11.5. The quantitative estimate of drug-likeness (QED) is 0.340. The predicted octanol–water partition coefficient (Wildman–Crippen LogP) is 4.75. The van der Waals surface area contributed by atoms with Gasteiger partial charge in [0, 0.05) is 34.0 Å². The fourth-order valence-corrected chi connectivity index (χ4v) is 3.47. The molecule has 0 spiro atoms. The lowest BCUT2D eigenvalue weighted by Crippen LogP contribution is -2.13. The summed E-state index contributed by atoms with van der Waals surface area (Å²) in [6.07, 6.45) is 0. The van der Waals surface area contributed by atoms with E-state index in [9.17, 15) is 18.0 Å². The molecule has 2 N–H and O–H groups in total. The fraction of sp³-hybridized carbons (Fsp3) is 0.316. The Kier molecular flexibility index (Phi) is 8.62. The first-order chi connectivity index (χ1) is 13.3. The summed E-state index contributed by atoms with van der Waals surface area (Å²) in [5.41, 5.74) is 0.0430. The zero-order valence-electron chi connectivity index (χ0n) is 15.0. The third-order valence-corrected chi connectivity index (χ3v) is 5.42. The third-order valence-electron chi connectivity index (χ3n) is 3.60. The Hall–Kier alpha value is -1.74. The molecule has 0 aliphatic carbocycles. The highest BCUT2D eigenvalue weighted by Crippen LogP contribution is 2.30. The SMILES string of the molecule is CC(COCCO)CSc1cc(C(=O)Nc2cc(F)c(F)c(F)c2)ccc1Cl. The van der Waals surface area contributed by atoms with E-state index in [0.29, 0.717) is 34.4 Å². The molecule has 2 aromatic rings.